The fourth-order valence-corrected chi connectivity index (χ4v) is 6.48. The molecule has 1 amide bonds. The molecule has 7 rings (SSSR count). The normalized spacial score (nSPS) is 14.1. The van der Waals surface area contributed by atoms with Crippen LogP contribution in [0.25, 0.3) is 55.0 Å². The van der Waals surface area contributed by atoms with Crippen LogP contribution in [0.15, 0.2) is 61.2 Å². The molecule has 41 heavy (non-hydrogen) atoms. The maximum absolute atomic E-state index is 12.8. The number of fused-ring (bicyclic) bond motifs is 2. The Kier molecular flexibility index (Phi) is 6.39. The molecule has 6 aromatic heterocycles. The van der Waals surface area contributed by atoms with Crippen molar-refractivity contribution in [2.45, 2.75) is 39.0 Å². The van der Waals surface area contributed by atoms with Crippen molar-refractivity contribution in [1.82, 2.24) is 30.1 Å². The lowest BCUT2D eigenvalue weighted by molar-refractivity contribution is -0.120. The number of hydrogen-bond acceptors (Lipinski definition) is 7. The van der Waals surface area contributed by atoms with Crippen LogP contribution < -0.4 is 5.32 Å². The van der Waals surface area contributed by atoms with E-state index in [1.165, 1.54) is 17.8 Å². The molecule has 0 spiro atoms. The van der Waals surface area contributed by atoms with Gasteiger partial charge < -0.3 is 10.3 Å². The first-order valence-corrected chi connectivity index (χ1v) is 14.5. The second kappa shape index (κ2) is 10.4. The van der Waals surface area contributed by atoms with Gasteiger partial charge in [-0.3, -0.25) is 29.6 Å². The summed E-state index contributed by atoms with van der Waals surface area (Å²) < 4.78 is 0. The fourth-order valence-electron chi connectivity index (χ4n) is 5.57. The first-order chi connectivity index (χ1) is 20.0. The van der Waals surface area contributed by atoms with Gasteiger partial charge in [0.2, 0.25) is 5.91 Å². The quantitative estimate of drug-likeness (QED) is 0.188. The Morgan fingerprint density at radius 2 is 1.78 bits per heavy atom. The van der Waals surface area contributed by atoms with Crippen molar-refractivity contribution < 1.29 is 9.59 Å². The number of Topliss-reactive ketones (excluding diaryl/α,β-unsaturated/α-hetero) is 1. The number of nitrogens with one attached hydrogen (secondary N) is 3. The Morgan fingerprint density at radius 3 is 2.61 bits per heavy atom. The molecule has 0 unspecified atom stereocenters. The van der Waals surface area contributed by atoms with Crippen molar-refractivity contribution in [1.29, 1.82) is 0 Å². The molecule has 6 heterocycles. The topological polar surface area (TPSA) is 129 Å². The number of nitrogens with zero attached hydrogens (tertiary/aromatic N) is 4. The number of anilines is 1. The molecule has 0 aliphatic heterocycles. The van der Waals surface area contributed by atoms with Crippen molar-refractivity contribution in [3.63, 3.8) is 0 Å². The molecule has 0 saturated heterocycles. The number of aromatic nitrogens is 6. The minimum absolute atomic E-state index is 0.0444. The third-order valence-electron chi connectivity index (χ3n) is 7.71. The highest BCUT2D eigenvalue weighted by molar-refractivity contribution is 7.17. The van der Waals surface area contributed by atoms with Gasteiger partial charge in [0, 0.05) is 40.2 Å². The summed E-state index contributed by atoms with van der Waals surface area (Å²) in [6.07, 6.45) is 12.3. The van der Waals surface area contributed by atoms with Gasteiger partial charge in [0.15, 0.2) is 5.78 Å². The first kappa shape index (κ1) is 25.3. The van der Waals surface area contributed by atoms with E-state index in [9.17, 15) is 9.59 Å². The van der Waals surface area contributed by atoms with Gasteiger partial charge in [-0.1, -0.05) is 19.3 Å². The molecule has 204 valence electrons. The van der Waals surface area contributed by atoms with Crippen LogP contribution in [0.5, 0.6) is 0 Å². The first-order valence-electron chi connectivity index (χ1n) is 13.7. The summed E-state index contributed by atoms with van der Waals surface area (Å²) in [4.78, 5) is 43.4. The van der Waals surface area contributed by atoms with E-state index in [0.717, 1.165) is 80.7 Å². The largest absolute Gasteiger partial charge is 0.353 e. The molecule has 9 nitrogen and oxygen atoms in total. The summed E-state index contributed by atoms with van der Waals surface area (Å²) in [5.41, 5.74) is 6.37. The van der Waals surface area contributed by atoms with Crippen LogP contribution in [0, 0.1) is 5.92 Å². The number of aromatic amines is 2. The molecular formula is C31H27N7O2S. The number of amides is 1. The molecule has 10 heteroatoms. The molecule has 6 aromatic rings. The molecule has 1 fully saturated rings. The Hall–Kier alpha value is -4.70. The maximum atomic E-state index is 12.8. The number of rotatable bonds is 6. The molecule has 1 aliphatic carbocycles. The Bertz CT molecular complexity index is 1930. The highest BCUT2D eigenvalue weighted by atomic mass is 32.1. The number of carbonyl (C=O) groups excluding carboxylic acids is 2. The van der Waals surface area contributed by atoms with Gasteiger partial charge in [-0.2, -0.15) is 5.10 Å². The molecule has 1 aliphatic rings. The van der Waals surface area contributed by atoms with E-state index >= 15 is 0 Å². The molecule has 1 saturated carbocycles. The van der Waals surface area contributed by atoms with Crippen LogP contribution in [0.1, 0.15) is 48.7 Å². The van der Waals surface area contributed by atoms with Crippen LogP contribution in [0.4, 0.5) is 5.69 Å². The van der Waals surface area contributed by atoms with Gasteiger partial charge in [0.05, 0.1) is 50.4 Å². The van der Waals surface area contributed by atoms with Crippen LogP contribution in [0.2, 0.25) is 0 Å². The summed E-state index contributed by atoms with van der Waals surface area (Å²) in [5.74, 6) is 0.179. The molecule has 3 N–H and O–H groups in total. The number of hydrogen-bond donors (Lipinski definition) is 3. The summed E-state index contributed by atoms with van der Waals surface area (Å²) in [5, 5.41) is 12.6. The zero-order chi connectivity index (χ0) is 27.9. The van der Waals surface area contributed by atoms with Crippen LogP contribution in [-0.2, 0) is 4.79 Å². The summed E-state index contributed by atoms with van der Waals surface area (Å²) in [6, 6.07) is 11.7. The monoisotopic (exact) mass is 561 g/mol. The van der Waals surface area contributed by atoms with Crippen molar-refractivity contribution in [2.24, 2.45) is 5.92 Å². The average Bonchev–Trinajstić information content (AvgIpc) is 3.75. The smallest absolute Gasteiger partial charge is 0.227 e. The number of carbonyl (C=O) groups is 2. The van der Waals surface area contributed by atoms with Crippen LogP contribution in [-0.4, -0.2) is 41.8 Å². The lowest BCUT2D eigenvalue weighted by Crippen LogP contribution is -2.24. The summed E-state index contributed by atoms with van der Waals surface area (Å²) in [6.45, 7) is 1.57. The Morgan fingerprint density at radius 1 is 0.927 bits per heavy atom. The summed E-state index contributed by atoms with van der Waals surface area (Å²) >= 11 is 1.44. The number of H-pyrrole nitrogens is 2. The SMILES string of the molecule is CC(=O)c1ccc(-c2nccc3[nH]c(-c4n[nH]c5cnc(-c6cncc(NC(=O)C7CCCCC7)c6)cc45)cc23)s1. The second-order valence-electron chi connectivity index (χ2n) is 10.5. The van der Waals surface area contributed by atoms with Gasteiger partial charge in [0.1, 0.15) is 5.69 Å². The maximum Gasteiger partial charge on any atom is 0.227 e. The fraction of sp³-hybridized carbons (Fsp3) is 0.226. The average molecular weight is 562 g/mol. The minimum atomic E-state index is 0.0444. The van der Waals surface area contributed by atoms with Gasteiger partial charge in [-0.25, -0.2) is 0 Å². The van der Waals surface area contributed by atoms with Crippen molar-refractivity contribution in [3.05, 3.63) is 66.1 Å². The van der Waals surface area contributed by atoms with E-state index < -0.39 is 0 Å². The highest BCUT2D eigenvalue weighted by Gasteiger charge is 2.21. The van der Waals surface area contributed by atoms with Gasteiger partial charge in [-0.05, 0) is 56.2 Å². The number of thiophene rings is 1. The third kappa shape index (κ3) is 4.80. The van der Waals surface area contributed by atoms with E-state index in [1.807, 2.05) is 36.4 Å². The standard InChI is InChI=1S/C31H27N7O2S/c1-17(39)27-7-8-28(41-27)30-21-13-25(36-23(21)9-10-33-30)29-22-12-24(34-16-26(22)37-38-29)19-11-20(15-32-14-19)35-31(40)18-5-3-2-4-6-18/h7-16,18,36H,2-6H2,1H3,(H,35,40)(H,37,38). The number of pyridine rings is 3. The predicted octanol–water partition coefficient (Wildman–Crippen LogP) is 7.01. The molecule has 0 aromatic carbocycles. The zero-order valence-electron chi connectivity index (χ0n) is 22.4. The van der Waals surface area contributed by atoms with Gasteiger partial charge in [0.25, 0.3) is 0 Å². The van der Waals surface area contributed by atoms with Crippen LogP contribution in [0.3, 0.4) is 0 Å². The highest BCUT2D eigenvalue weighted by Crippen LogP contribution is 2.36. The molecule has 0 bridgehead atoms. The lowest BCUT2D eigenvalue weighted by atomic mass is 9.88. The van der Waals surface area contributed by atoms with E-state index in [4.69, 9.17) is 0 Å². The van der Waals surface area contributed by atoms with Gasteiger partial charge >= 0.3 is 0 Å². The Balaban J connectivity index is 1.22. The summed E-state index contributed by atoms with van der Waals surface area (Å²) in [7, 11) is 0. The number of ketones is 1. The van der Waals surface area contributed by atoms with E-state index in [2.05, 4.69) is 35.5 Å². The predicted molar refractivity (Wildman–Crippen MR) is 161 cm³/mol. The van der Waals surface area contributed by atoms with E-state index in [1.54, 1.807) is 31.7 Å². The van der Waals surface area contributed by atoms with Crippen molar-refractivity contribution >= 4 is 50.5 Å². The van der Waals surface area contributed by atoms with Gasteiger partial charge in [-0.15, -0.1) is 11.3 Å². The zero-order valence-corrected chi connectivity index (χ0v) is 23.2. The second-order valence-corrected chi connectivity index (χ2v) is 11.6. The third-order valence-corrected chi connectivity index (χ3v) is 8.91. The minimum Gasteiger partial charge on any atom is -0.353 e. The van der Waals surface area contributed by atoms with E-state index in [0.29, 0.717) is 10.6 Å². The lowest BCUT2D eigenvalue weighted by Gasteiger charge is -2.20. The molecular weight excluding hydrogens is 534 g/mol. The Labute approximate surface area is 239 Å². The van der Waals surface area contributed by atoms with E-state index in [-0.39, 0.29) is 17.6 Å². The molecule has 0 radical (unpaired) electrons. The molecule has 0 atom stereocenters. The van der Waals surface area contributed by atoms with Crippen LogP contribution >= 0.6 is 11.3 Å². The van der Waals surface area contributed by atoms with Crippen molar-refractivity contribution in [3.8, 4) is 33.2 Å². The van der Waals surface area contributed by atoms with Crippen molar-refractivity contribution in [2.75, 3.05) is 5.32 Å².